The lowest BCUT2D eigenvalue weighted by Crippen LogP contribution is -2.29. The van der Waals surface area contributed by atoms with Gasteiger partial charge in [0.2, 0.25) is 5.91 Å². The van der Waals surface area contributed by atoms with Crippen LogP contribution in [0.4, 0.5) is 13.2 Å². The SMILES string of the molecule is O=C(CO)NCCC1Oc2cc(F)ccc2-c2[nH]c3c(F)cc(F)cc3c21. The quantitative estimate of drug-likeness (QED) is 0.655. The highest BCUT2D eigenvalue weighted by Gasteiger charge is 2.31. The van der Waals surface area contributed by atoms with Crippen LogP contribution in [0.5, 0.6) is 5.75 Å². The molecule has 5 nitrogen and oxygen atoms in total. The van der Waals surface area contributed by atoms with Crippen molar-refractivity contribution in [1.29, 1.82) is 0 Å². The Hall–Kier alpha value is -3.00. The van der Waals surface area contributed by atoms with Crippen molar-refractivity contribution in [1.82, 2.24) is 10.3 Å². The van der Waals surface area contributed by atoms with Gasteiger partial charge in [0.1, 0.15) is 35.9 Å². The number of nitrogens with one attached hydrogen (secondary N) is 2. The van der Waals surface area contributed by atoms with Crippen LogP contribution >= 0.6 is 0 Å². The van der Waals surface area contributed by atoms with Crippen molar-refractivity contribution < 1.29 is 27.8 Å². The minimum absolute atomic E-state index is 0.131. The molecule has 1 aliphatic heterocycles. The number of halogens is 3. The van der Waals surface area contributed by atoms with Gasteiger partial charge >= 0.3 is 0 Å². The van der Waals surface area contributed by atoms with Crippen LogP contribution in [0.1, 0.15) is 18.1 Å². The highest BCUT2D eigenvalue weighted by atomic mass is 19.1. The third-order valence-corrected chi connectivity index (χ3v) is 4.54. The van der Waals surface area contributed by atoms with Gasteiger partial charge < -0.3 is 20.1 Å². The molecule has 0 aliphatic carbocycles. The Bertz CT molecular complexity index is 1050. The van der Waals surface area contributed by atoms with Gasteiger partial charge in [-0.1, -0.05) is 0 Å². The molecule has 0 bridgehead atoms. The lowest BCUT2D eigenvalue weighted by atomic mass is 9.95. The Balaban J connectivity index is 1.83. The normalized spacial score (nSPS) is 15.2. The molecule has 1 atom stereocenters. The molecule has 2 aromatic carbocycles. The third-order valence-electron chi connectivity index (χ3n) is 4.54. The van der Waals surface area contributed by atoms with E-state index in [0.29, 0.717) is 22.2 Å². The molecule has 1 aromatic heterocycles. The van der Waals surface area contributed by atoms with Gasteiger partial charge in [0, 0.05) is 41.6 Å². The average molecular weight is 376 g/mol. The second kappa shape index (κ2) is 6.62. The van der Waals surface area contributed by atoms with E-state index >= 15 is 0 Å². The summed E-state index contributed by atoms with van der Waals surface area (Å²) in [5.74, 6) is -2.23. The molecule has 1 unspecified atom stereocenters. The Morgan fingerprint density at radius 3 is 2.78 bits per heavy atom. The summed E-state index contributed by atoms with van der Waals surface area (Å²) in [4.78, 5) is 14.2. The van der Waals surface area contributed by atoms with E-state index in [1.807, 2.05) is 0 Å². The van der Waals surface area contributed by atoms with Crippen LogP contribution in [0.25, 0.3) is 22.2 Å². The highest BCUT2D eigenvalue weighted by molar-refractivity contribution is 5.93. The van der Waals surface area contributed by atoms with Gasteiger partial charge in [0.05, 0.1) is 11.2 Å². The van der Waals surface area contributed by atoms with Gasteiger partial charge in [-0.2, -0.15) is 0 Å². The summed E-state index contributed by atoms with van der Waals surface area (Å²) in [6.45, 7) is -0.479. The van der Waals surface area contributed by atoms with E-state index in [0.717, 1.165) is 6.07 Å². The maximum absolute atomic E-state index is 14.2. The van der Waals surface area contributed by atoms with Crippen molar-refractivity contribution in [3.8, 4) is 17.0 Å². The van der Waals surface area contributed by atoms with Gasteiger partial charge in [-0.15, -0.1) is 0 Å². The fourth-order valence-corrected chi connectivity index (χ4v) is 3.40. The third kappa shape index (κ3) is 3.02. The summed E-state index contributed by atoms with van der Waals surface area (Å²) in [5, 5.41) is 11.6. The molecular weight excluding hydrogens is 361 g/mol. The van der Waals surface area contributed by atoms with Gasteiger partial charge in [0.25, 0.3) is 0 Å². The Morgan fingerprint density at radius 1 is 1.19 bits per heavy atom. The van der Waals surface area contributed by atoms with Crippen LogP contribution in [0.3, 0.4) is 0 Å². The summed E-state index contributed by atoms with van der Waals surface area (Å²) < 4.78 is 47.6. The topological polar surface area (TPSA) is 74.3 Å². The van der Waals surface area contributed by atoms with Gasteiger partial charge in [-0.25, -0.2) is 13.2 Å². The molecule has 2 heterocycles. The number of aromatic nitrogens is 1. The second-order valence-corrected chi connectivity index (χ2v) is 6.27. The molecule has 0 radical (unpaired) electrons. The van der Waals surface area contributed by atoms with Crippen LogP contribution in [-0.4, -0.2) is 29.1 Å². The zero-order valence-electron chi connectivity index (χ0n) is 14.0. The summed E-state index contributed by atoms with van der Waals surface area (Å²) in [6, 6.07) is 5.99. The van der Waals surface area contributed by atoms with Crippen LogP contribution < -0.4 is 10.1 Å². The van der Waals surface area contributed by atoms with Crippen molar-refractivity contribution in [2.45, 2.75) is 12.5 Å². The first-order valence-corrected chi connectivity index (χ1v) is 8.32. The van der Waals surface area contributed by atoms with Crippen molar-refractivity contribution in [2.24, 2.45) is 0 Å². The van der Waals surface area contributed by atoms with E-state index in [1.165, 1.54) is 24.3 Å². The lowest BCUT2D eigenvalue weighted by Gasteiger charge is -2.27. The number of H-pyrrole nitrogens is 1. The van der Waals surface area contributed by atoms with Crippen LogP contribution in [0.15, 0.2) is 30.3 Å². The maximum atomic E-state index is 14.2. The summed E-state index contributed by atoms with van der Waals surface area (Å²) in [5.41, 5.74) is 1.74. The Labute approximate surface area is 151 Å². The predicted octanol–water partition coefficient (Wildman–Crippen LogP) is 3.18. The molecule has 0 saturated heterocycles. The van der Waals surface area contributed by atoms with Crippen LogP contribution in [-0.2, 0) is 4.79 Å². The number of hydrogen-bond donors (Lipinski definition) is 3. The van der Waals surface area contributed by atoms with Crippen molar-refractivity contribution in [3.63, 3.8) is 0 Å². The zero-order chi connectivity index (χ0) is 19.1. The van der Waals surface area contributed by atoms with E-state index in [4.69, 9.17) is 9.84 Å². The number of aromatic amines is 1. The molecule has 0 spiro atoms. The van der Waals surface area contributed by atoms with E-state index in [1.54, 1.807) is 0 Å². The highest BCUT2D eigenvalue weighted by Crippen LogP contribution is 2.46. The minimum Gasteiger partial charge on any atom is -0.485 e. The number of aliphatic hydroxyl groups excluding tert-OH is 1. The average Bonchev–Trinajstić information content (AvgIpc) is 3.01. The summed E-state index contributed by atoms with van der Waals surface area (Å²) in [6.07, 6.45) is -0.400. The smallest absolute Gasteiger partial charge is 0.245 e. The molecule has 3 aromatic rings. The molecule has 8 heteroatoms. The van der Waals surface area contributed by atoms with Gasteiger partial charge in [0.15, 0.2) is 0 Å². The molecule has 0 fully saturated rings. The molecule has 1 aliphatic rings. The molecular formula is C19H15F3N2O3. The summed E-state index contributed by atoms with van der Waals surface area (Å²) >= 11 is 0. The summed E-state index contributed by atoms with van der Waals surface area (Å²) in [7, 11) is 0. The number of rotatable bonds is 4. The molecule has 140 valence electrons. The fraction of sp³-hybridized carbons (Fsp3) is 0.211. The first kappa shape index (κ1) is 17.4. The zero-order valence-corrected chi connectivity index (χ0v) is 14.0. The monoisotopic (exact) mass is 376 g/mol. The number of hydrogen-bond acceptors (Lipinski definition) is 3. The number of aliphatic hydroxyl groups is 1. The Kier molecular flexibility index (Phi) is 4.27. The van der Waals surface area contributed by atoms with E-state index in [9.17, 15) is 18.0 Å². The largest absolute Gasteiger partial charge is 0.485 e. The number of carbonyl (C=O) groups is 1. The van der Waals surface area contributed by atoms with E-state index in [-0.39, 0.29) is 24.2 Å². The van der Waals surface area contributed by atoms with E-state index < -0.39 is 36.1 Å². The van der Waals surface area contributed by atoms with Crippen molar-refractivity contribution >= 4 is 16.8 Å². The molecule has 0 saturated carbocycles. The first-order valence-electron chi connectivity index (χ1n) is 8.32. The maximum Gasteiger partial charge on any atom is 0.245 e. The number of carbonyl (C=O) groups excluding carboxylic acids is 1. The van der Waals surface area contributed by atoms with Crippen molar-refractivity contribution in [3.05, 3.63) is 53.3 Å². The minimum atomic E-state index is -0.740. The van der Waals surface area contributed by atoms with Crippen LogP contribution in [0.2, 0.25) is 0 Å². The number of ether oxygens (including phenoxy) is 1. The molecule has 27 heavy (non-hydrogen) atoms. The van der Waals surface area contributed by atoms with E-state index in [2.05, 4.69) is 10.3 Å². The van der Waals surface area contributed by atoms with Gasteiger partial charge in [-0.3, -0.25) is 4.79 Å². The molecule has 4 rings (SSSR count). The Morgan fingerprint density at radius 2 is 2.00 bits per heavy atom. The number of fused-ring (bicyclic) bond motifs is 5. The molecule has 1 amide bonds. The fourth-order valence-electron chi connectivity index (χ4n) is 3.40. The number of benzene rings is 2. The van der Waals surface area contributed by atoms with Crippen molar-refractivity contribution in [2.75, 3.05) is 13.2 Å². The predicted molar refractivity (Wildman–Crippen MR) is 91.7 cm³/mol. The standard InChI is InChI=1S/C19H15F3N2O3/c20-9-1-2-11-15(7-9)27-14(3-4-23-16(26)8-25)17-12-5-10(21)6-13(22)18(12)24-19(11)17/h1-2,5-7,14,24-25H,3-4,8H2,(H,23,26). The lowest BCUT2D eigenvalue weighted by molar-refractivity contribution is -0.123. The molecule has 3 N–H and O–H groups in total. The first-order chi connectivity index (χ1) is 13.0. The van der Waals surface area contributed by atoms with Crippen LogP contribution in [0, 0.1) is 17.5 Å². The second-order valence-electron chi connectivity index (χ2n) is 6.27. The van der Waals surface area contributed by atoms with Gasteiger partial charge in [-0.05, 0) is 18.2 Å². The number of amides is 1.